The summed E-state index contributed by atoms with van der Waals surface area (Å²) in [4.78, 5) is 15.2. The van der Waals surface area contributed by atoms with Crippen molar-refractivity contribution in [2.24, 2.45) is 0 Å². The minimum Gasteiger partial charge on any atom is -0.391 e. The van der Waals surface area contributed by atoms with Gasteiger partial charge in [-0.2, -0.15) is 0 Å². The van der Waals surface area contributed by atoms with Gasteiger partial charge in [-0.15, -0.1) is 10.2 Å². The number of aromatic nitrogens is 2. The second-order valence-electron chi connectivity index (χ2n) is 5.51. The number of nitrogens with zero attached hydrogens (tertiary/aromatic N) is 4. The number of hydrogen-bond donors (Lipinski definition) is 1. The monoisotopic (exact) mass is 278 g/mol. The van der Waals surface area contributed by atoms with Gasteiger partial charge in [0, 0.05) is 21.1 Å². The van der Waals surface area contributed by atoms with Crippen molar-refractivity contribution in [1.82, 2.24) is 15.1 Å². The predicted octanol–water partition coefficient (Wildman–Crippen LogP) is 0.918. The Morgan fingerprint density at radius 3 is 2.45 bits per heavy atom. The molecule has 2 rings (SSSR count). The Morgan fingerprint density at radius 2 is 1.90 bits per heavy atom. The number of carbonyl (C=O) groups is 1. The maximum atomic E-state index is 11.7. The number of amides is 1. The Hall–Kier alpha value is -1.69. The number of aliphatic hydroxyl groups is 1. The van der Waals surface area contributed by atoms with Gasteiger partial charge >= 0.3 is 0 Å². The van der Waals surface area contributed by atoms with Gasteiger partial charge in [0.15, 0.2) is 11.5 Å². The largest absolute Gasteiger partial charge is 0.391 e. The molecule has 1 amide bonds. The van der Waals surface area contributed by atoms with Gasteiger partial charge in [0.2, 0.25) is 0 Å². The maximum absolute atomic E-state index is 11.7. The summed E-state index contributed by atoms with van der Waals surface area (Å²) in [6.45, 7) is 0. The molecule has 1 N–H and O–H groups in total. The van der Waals surface area contributed by atoms with Crippen LogP contribution < -0.4 is 4.90 Å². The smallest absolute Gasteiger partial charge is 0.273 e. The van der Waals surface area contributed by atoms with Crippen molar-refractivity contribution in [2.75, 3.05) is 26.0 Å². The van der Waals surface area contributed by atoms with Gasteiger partial charge in [0.1, 0.15) is 0 Å². The molecule has 20 heavy (non-hydrogen) atoms. The highest BCUT2D eigenvalue weighted by molar-refractivity contribution is 5.91. The summed E-state index contributed by atoms with van der Waals surface area (Å²) >= 11 is 0. The third-order valence-electron chi connectivity index (χ3n) is 3.83. The van der Waals surface area contributed by atoms with Crippen molar-refractivity contribution in [2.45, 2.75) is 37.8 Å². The lowest BCUT2D eigenvalue weighted by atomic mass is 9.91. The maximum Gasteiger partial charge on any atom is 0.273 e. The number of aliphatic hydroxyl groups excluding tert-OH is 1. The van der Waals surface area contributed by atoms with E-state index in [9.17, 15) is 9.90 Å². The normalized spacial score (nSPS) is 22.4. The van der Waals surface area contributed by atoms with Crippen LogP contribution in [0.1, 0.15) is 36.2 Å². The summed E-state index contributed by atoms with van der Waals surface area (Å²) in [6, 6.07) is 3.54. The molecule has 0 aliphatic heterocycles. The Labute approximate surface area is 119 Å². The van der Waals surface area contributed by atoms with Crippen LogP contribution in [0, 0.1) is 0 Å². The highest BCUT2D eigenvalue weighted by Gasteiger charge is 2.27. The first kappa shape index (κ1) is 14.7. The fourth-order valence-corrected chi connectivity index (χ4v) is 2.57. The van der Waals surface area contributed by atoms with Crippen LogP contribution in [0.3, 0.4) is 0 Å². The van der Waals surface area contributed by atoms with E-state index in [4.69, 9.17) is 0 Å². The summed E-state index contributed by atoms with van der Waals surface area (Å²) in [5.41, 5.74) is 0.330. The van der Waals surface area contributed by atoms with Gasteiger partial charge in [-0.3, -0.25) is 4.79 Å². The van der Waals surface area contributed by atoms with Crippen molar-refractivity contribution >= 4 is 11.7 Å². The quantitative estimate of drug-likeness (QED) is 0.890. The van der Waals surface area contributed by atoms with Crippen LogP contribution in [0.15, 0.2) is 12.1 Å². The van der Waals surface area contributed by atoms with Crippen LogP contribution in [-0.4, -0.2) is 59.4 Å². The summed E-state index contributed by atoms with van der Waals surface area (Å²) < 4.78 is 0. The molecule has 0 aromatic carbocycles. The van der Waals surface area contributed by atoms with E-state index < -0.39 is 0 Å². The van der Waals surface area contributed by atoms with E-state index in [1.165, 1.54) is 4.90 Å². The van der Waals surface area contributed by atoms with Gasteiger partial charge in [-0.1, -0.05) is 12.8 Å². The summed E-state index contributed by atoms with van der Waals surface area (Å²) in [6.07, 6.45) is 3.67. The number of carbonyl (C=O) groups excluding carboxylic acids is 1. The first-order valence-electron chi connectivity index (χ1n) is 6.97. The summed E-state index contributed by atoms with van der Waals surface area (Å²) in [5, 5.41) is 18.2. The lowest BCUT2D eigenvalue weighted by Gasteiger charge is -2.35. The van der Waals surface area contributed by atoms with E-state index in [-0.39, 0.29) is 18.1 Å². The van der Waals surface area contributed by atoms with Crippen molar-refractivity contribution in [3.05, 3.63) is 17.8 Å². The Bertz CT molecular complexity index is 461. The van der Waals surface area contributed by atoms with Crippen LogP contribution in [-0.2, 0) is 0 Å². The molecule has 0 saturated heterocycles. The zero-order valence-electron chi connectivity index (χ0n) is 12.3. The molecule has 0 spiro atoms. The molecule has 2 atom stereocenters. The third-order valence-corrected chi connectivity index (χ3v) is 3.83. The zero-order valence-corrected chi connectivity index (χ0v) is 12.3. The van der Waals surface area contributed by atoms with Crippen LogP contribution in [0.4, 0.5) is 5.82 Å². The molecule has 2 unspecified atom stereocenters. The van der Waals surface area contributed by atoms with E-state index in [0.717, 1.165) is 25.7 Å². The minimum absolute atomic E-state index is 0.0773. The molecule has 0 radical (unpaired) electrons. The van der Waals surface area contributed by atoms with Crippen LogP contribution in [0.5, 0.6) is 0 Å². The summed E-state index contributed by atoms with van der Waals surface area (Å²) in [5.74, 6) is 0.524. The van der Waals surface area contributed by atoms with Gasteiger partial charge in [-0.05, 0) is 25.0 Å². The first-order valence-corrected chi connectivity index (χ1v) is 6.97. The average Bonchev–Trinajstić information content (AvgIpc) is 2.46. The molecular formula is C14H22N4O2. The molecule has 1 aliphatic rings. The standard InChI is InChI=1S/C14H22N4O2/c1-17(2)14(20)10-8-9-13(16-15-10)18(3)11-6-4-5-7-12(11)19/h8-9,11-12,19H,4-7H2,1-3H3. The molecule has 1 fully saturated rings. The predicted molar refractivity (Wildman–Crippen MR) is 76.7 cm³/mol. The summed E-state index contributed by atoms with van der Waals surface area (Å²) in [7, 11) is 5.28. The zero-order chi connectivity index (χ0) is 14.7. The second-order valence-corrected chi connectivity index (χ2v) is 5.51. The Balaban J connectivity index is 2.11. The number of likely N-dealkylation sites (N-methyl/N-ethyl adjacent to an activating group) is 1. The van der Waals surface area contributed by atoms with Crippen molar-refractivity contribution in [3.63, 3.8) is 0 Å². The van der Waals surface area contributed by atoms with E-state index in [2.05, 4.69) is 10.2 Å². The van der Waals surface area contributed by atoms with Crippen molar-refractivity contribution < 1.29 is 9.90 Å². The molecular weight excluding hydrogens is 256 g/mol. The average molecular weight is 278 g/mol. The van der Waals surface area contributed by atoms with Gasteiger partial charge in [0.05, 0.1) is 12.1 Å². The Morgan fingerprint density at radius 1 is 1.20 bits per heavy atom. The van der Waals surface area contributed by atoms with Crippen LogP contribution >= 0.6 is 0 Å². The van der Waals surface area contributed by atoms with Crippen LogP contribution in [0.2, 0.25) is 0 Å². The van der Waals surface area contributed by atoms with E-state index in [1.807, 2.05) is 11.9 Å². The Kier molecular flexibility index (Phi) is 4.54. The fourth-order valence-electron chi connectivity index (χ4n) is 2.57. The molecule has 1 aromatic heterocycles. The molecule has 1 heterocycles. The third kappa shape index (κ3) is 3.07. The molecule has 1 saturated carbocycles. The van der Waals surface area contributed by atoms with Gasteiger partial charge in [-0.25, -0.2) is 0 Å². The molecule has 0 bridgehead atoms. The molecule has 6 nitrogen and oxygen atoms in total. The highest BCUT2D eigenvalue weighted by atomic mass is 16.3. The number of hydrogen-bond acceptors (Lipinski definition) is 5. The molecule has 1 aliphatic carbocycles. The van der Waals surface area contributed by atoms with Crippen molar-refractivity contribution in [1.29, 1.82) is 0 Å². The van der Waals surface area contributed by atoms with Crippen LogP contribution in [0.25, 0.3) is 0 Å². The topological polar surface area (TPSA) is 69.6 Å². The minimum atomic E-state index is -0.321. The van der Waals surface area contributed by atoms with Gasteiger partial charge < -0.3 is 14.9 Å². The van der Waals surface area contributed by atoms with E-state index in [1.54, 1.807) is 26.2 Å². The van der Waals surface area contributed by atoms with E-state index >= 15 is 0 Å². The van der Waals surface area contributed by atoms with Crippen molar-refractivity contribution in [3.8, 4) is 0 Å². The number of rotatable bonds is 3. The fraction of sp³-hybridized carbons (Fsp3) is 0.643. The lowest BCUT2D eigenvalue weighted by Crippen LogP contribution is -2.44. The van der Waals surface area contributed by atoms with Gasteiger partial charge in [0.25, 0.3) is 5.91 Å². The molecule has 1 aromatic rings. The molecule has 6 heteroatoms. The molecule has 110 valence electrons. The highest BCUT2D eigenvalue weighted by Crippen LogP contribution is 2.25. The number of anilines is 1. The lowest BCUT2D eigenvalue weighted by molar-refractivity contribution is 0.0820. The van der Waals surface area contributed by atoms with E-state index in [0.29, 0.717) is 11.5 Å². The first-order chi connectivity index (χ1) is 9.50. The SMILES string of the molecule is CN(C)C(=O)c1ccc(N(C)C2CCCCC2O)nn1. The second kappa shape index (κ2) is 6.17.